The van der Waals surface area contributed by atoms with Crippen molar-refractivity contribution in [2.75, 3.05) is 13.2 Å². The van der Waals surface area contributed by atoms with Crippen LogP contribution in [0.15, 0.2) is 12.2 Å². The molecule has 0 fully saturated rings. The van der Waals surface area contributed by atoms with Crippen molar-refractivity contribution < 1.29 is 18.6 Å². The lowest BCUT2D eigenvalue weighted by atomic mass is 9.89. The molecule has 1 atom stereocenters. The number of ether oxygens (including phenoxy) is 1. The highest BCUT2D eigenvalue weighted by molar-refractivity contribution is 5.53. The molecule has 0 saturated carbocycles. The third-order valence-electron chi connectivity index (χ3n) is 4.09. The van der Waals surface area contributed by atoms with Gasteiger partial charge in [0.2, 0.25) is 5.82 Å². The van der Waals surface area contributed by atoms with Crippen molar-refractivity contribution in [3.63, 3.8) is 0 Å². The number of fused-ring (bicyclic) bond motifs is 3. The molecule has 0 radical (unpaired) electrons. The van der Waals surface area contributed by atoms with Gasteiger partial charge in [0, 0.05) is 12.0 Å². The standard InChI is InChI=1S/C15H16F2O2/c1-8(7-18)6-9-2-3-10-12(9)11-4-5-19-15(11)14(17)13(10)16/h9,18H,1-7H2. The molecule has 1 heterocycles. The molecule has 1 aromatic rings. The highest BCUT2D eigenvalue weighted by atomic mass is 19.2. The molecule has 3 rings (SSSR count). The Morgan fingerprint density at radius 2 is 2.05 bits per heavy atom. The Hall–Kier alpha value is -1.42. The Labute approximate surface area is 110 Å². The van der Waals surface area contributed by atoms with Crippen LogP contribution in [-0.4, -0.2) is 18.3 Å². The second-order valence-electron chi connectivity index (χ2n) is 5.27. The van der Waals surface area contributed by atoms with Crippen molar-refractivity contribution in [2.45, 2.75) is 31.6 Å². The van der Waals surface area contributed by atoms with Gasteiger partial charge in [-0.05, 0) is 36.3 Å². The number of rotatable bonds is 3. The van der Waals surface area contributed by atoms with Gasteiger partial charge in [0.15, 0.2) is 11.6 Å². The first-order valence-electron chi connectivity index (χ1n) is 6.56. The first-order valence-corrected chi connectivity index (χ1v) is 6.56. The van der Waals surface area contributed by atoms with Gasteiger partial charge in [-0.25, -0.2) is 4.39 Å². The van der Waals surface area contributed by atoms with Crippen molar-refractivity contribution >= 4 is 0 Å². The van der Waals surface area contributed by atoms with Gasteiger partial charge in [0.1, 0.15) is 0 Å². The summed E-state index contributed by atoms with van der Waals surface area (Å²) >= 11 is 0. The first-order chi connectivity index (χ1) is 9.13. The SMILES string of the molecule is C=C(CO)CC1CCc2c(F)c(F)c3c(c21)CCO3. The Morgan fingerprint density at radius 3 is 2.79 bits per heavy atom. The van der Waals surface area contributed by atoms with E-state index in [0.717, 1.165) is 23.1 Å². The summed E-state index contributed by atoms with van der Waals surface area (Å²) in [7, 11) is 0. The van der Waals surface area contributed by atoms with E-state index in [-0.39, 0.29) is 18.3 Å². The summed E-state index contributed by atoms with van der Waals surface area (Å²) in [6.45, 7) is 4.15. The van der Waals surface area contributed by atoms with E-state index in [9.17, 15) is 8.78 Å². The zero-order valence-corrected chi connectivity index (χ0v) is 10.6. The maximum Gasteiger partial charge on any atom is 0.201 e. The van der Waals surface area contributed by atoms with E-state index in [2.05, 4.69) is 6.58 Å². The van der Waals surface area contributed by atoms with E-state index in [4.69, 9.17) is 9.84 Å². The maximum absolute atomic E-state index is 14.0. The molecule has 1 aromatic carbocycles. The fourth-order valence-corrected chi connectivity index (χ4v) is 3.26. The number of halogens is 2. The molecule has 2 aliphatic rings. The van der Waals surface area contributed by atoms with Gasteiger partial charge < -0.3 is 9.84 Å². The minimum absolute atomic E-state index is 0.0613. The lowest BCUT2D eigenvalue weighted by Gasteiger charge is -2.16. The summed E-state index contributed by atoms with van der Waals surface area (Å²) in [6, 6.07) is 0. The molecule has 0 spiro atoms. The average Bonchev–Trinajstić information content (AvgIpc) is 3.02. The Balaban J connectivity index is 2.07. The van der Waals surface area contributed by atoms with E-state index in [1.54, 1.807) is 0 Å². The molecular weight excluding hydrogens is 250 g/mol. The third-order valence-corrected chi connectivity index (χ3v) is 4.09. The predicted octanol–water partition coefficient (Wildman–Crippen LogP) is 2.87. The summed E-state index contributed by atoms with van der Waals surface area (Å²) in [6.07, 6.45) is 2.59. The van der Waals surface area contributed by atoms with Crippen molar-refractivity contribution in [2.24, 2.45) is 0 Å². The molecule has 2 nitrogen and oxygen atoms in total. The molecule has 102 valence electrons. The summed E-state index contributed by atoms with van der Waals surface area (Å²) in [4.78, 5) is 0. The van der Waals surface area contributed by atoms with E-state index in [0.29, 0.717) is 31.4 Å². The fourth-order valence-electron chi connectivity index (χ4n) is 3.26. The van der Waals surface area contributed by atoms with Crippen LogP contribution in [0.3, 0.4) is 0 Å². The largest absolute Gasteiger partial charge is 0.490 e. The molecule has 1 aliphatic carbocycles. The van der Waals surface area contributed by atoms with E-state index >= 15 is 0 Å². The normalized spacial score (nSPS) is 20.1. The van der Waals surface area contributed by atoms with Gasteiger partial charge in [-0.1, -0.05) is 12.2 Å². The Bertz CT molecular complexity index is 552. The summed E-state index contributed by atoms with van der Waals surface area (Å²) < 4.78 is 33.1. The van der Waals surface area contributed by atoms with Crippen LogP contribution in [0.5, 0.6) is 5.75 Å². The first kappa shape index (κ1) is 12.6. The van der Waals surface area contributed by atoms with Crippen LogP contribution < -0.4 is 4.74 Å². The van der Waals surface area contributed by atoms with E-state index in [1.165, 1.54) is 0 Å². The average molecular weight is 266 g/mol. The van der Waals surface area contributed by atoms with Crippen LogP contribution in [-0.2, 0) is 12.8 Å². The third kappa shape index (κ3) is 1.86. The highest BCUT2D eigenvalue weighted by Crippen LogP contribution is 2.46. The number of aliphatic hydroxyl groups is 1. The topological polar surface area (TPSA) is 29.5 Å². The smallest absolute Gasteiger partial charge is 0.201 e. The molecule has 0 amide bonds. The second-order valence-corrected chi connectivity index (χ2v) is 5.27. The molecule has 4 heteroatoms. The van der Waals surface area contributed by atoms with Crippen LogP contribution >= 0.6 is 0 Å². The fraction of sp³-hybridized carbons (Fsp3) is 0.467. The van der Waals surface area contributed by atoms with Crippen LogP contribution in [0.2, 0.25) is 0 Å². The van der Waals surface area contributed by atoms with Gasteiger partial charge in [-0.15, -0.1) is 0 Å². The molecule has 1 unspecified atom stereocenters. The van der Waals surface area contributed by atoms with Gasteiger partial charge in [-0.3, -0.25) is 0 Å². The highest BCUT2D eigenvalue weighted by Gasteiger charge is 2.35. The number of hydrogen-bond acceptors (Lipinski definition) is 2. The van der Waals surface area contributed by atoms with Gasteiger partial charge >= 0.3 is 0 Å². The quantitative estimate of drug-likeness (QED) is 0.852. The Kier molecular flexibility index (Phi) is 3.05. The predicted molar refractivity (Wildman–Crippen MR) is 67.5 cm³/mol. The maximum atomic E-state index is 14.0. The summed E-state index contributed by atoms with van der Waals surface area (Å²) in [5, 5.41) is 9.08. The molecule has 1 aliphatic heterocycles. The summed E-state index contributed by atoms with van der Waals surface area (Å²) in [5.41, 5.74) is 2.95. The zero-order chi connectivity index (χ0) is 13.6. The molecule has 0 saturated heterocycles. The molecule has 0 bridgehead atoms. The van der Waals surface area contributed by atoms with Crippen molar-refractivity contribution in [1.29, 1.82) is 0 Å². The minimum Gasteiger partial charge on any atom is -0.490 e. The lowest BCUT2D eigenvalue weighted by Crippen LogP contribution is -2.04. The molecule has 0 aromatic heterocycles. The molecule has 19 heavy (non-hydrogen) atoms. The monoisotopic (exact) mass is 266 g/mol. The minimum atomic E-state index is -0.840. The second kappa shape index (κ2) is 4.60. The van der Waals surface area contributed by atoms with Crippen molar-refractivity contribution in [3.8, 4) is 5.75 Å². The lowest BCUT2D eigenvalue weighted by molar-refractivity contribution is 0.324. The number of benzene rings is 1. The van der Waals surface area contributed by atoms with Crippen LogP contribution in [0.4, 0.5) is 8.78 Å². The van der Waals surface area contributed by atoms with Crippen LogP contribution in [0.25, 0.3) is 0 Å². The number of aliphatic hydroxyl groups excluding tert-OH is 1. The van der Waals surface area contributed by atoms with Gasteiger partial charge in [0.25, 0.3) is 0 Å². The zero-order valence-electron chi connectivity index (χ0n) is 10.6. The molecule has 1 N–H and O–H groups in total. The van der Waals surface area contributed by atoms with Crippen molar-refractivity contribution in [1.82, 2.24) is 0 Å². The van der Waals surface area contributed by atoms with Crippen molar-refractivity contribution in [3.05, 3.63) is 40.5 Å². The number of hydrogen-bond donors (Lipinski definition) is 1. The van der Waals surface area contributed by atoms with E-state index < -0.39 is 11.6 Å². The van der Waals surface area contributed by atoms with Crippen LogP contribution in [0.1, 0.15) is 35.4 Å². The van der Waals surface area contributed by atoms with Gasteiger partial charge in [-0.2, -0.15) is 4.39 Å². The molecular formula is C15H16F2O2. The summed E-state index contributed by atoms with van der Waals surface area (Å²) in [5.74, 6) is -1.38. The van der Waals surface area contributed by atoms with Gasteiger partial charge in [0.05, 0.1) is 13.2 Å². The van der Waals surface area contributed by atoms with E-state index in [1.807, 2.05) is 0 Å². The Morgan fingerprint density at radius 1 is 1.26 bits per heavy atom. The van der Waals surface area contributed by atoms with Crippen LogP contribution in [0, 0.1) is 11.6 Å².